The lowest BCUT2D eigenvalue weighted by Gasteiger charge is -2.04. The van der Waals surface area contributed by atoms with E-state index in [0.717, 1.165) is 0 Å². The van der Waals surface area contributed by atoms with Gasteiger partial charge in [0.05, 0.1) is 23.5 Å². The highest BCUT2D eigenvalue weighted by atomic mass is 35.5. The molecule has 2 heterocycles. The van der Waals surface area contributed by atoms with Crippen molar-refractivity contribution in [2.75, 3.05) is 0 Å². The molecule has 0 N–H and O–H groups in total. The Morgan fingerprint density at radius 1 is 1.31 bits per heavy atom. The maximum atomic E-state index is 11.4. The molecule has 0 fully saturated rings. The maximum absolute atomic E-state index is 11.4. The van der Waals surface area contributed by atoms with Gasteiger partial charge in [0.2, 0.25) is 0 Å². The van der Waals surface area contributed by atoms with Gasteiger partial charge >= 0.3 is 5.69 Å². The van der Waals surface area contributed by atoms with Crippen LogP contribution in [-0.4, -0.2) is 14.5 Å². The van der Waals surface area contributed by atoms with Crippen LogP contribution in [0.1, 0.15) is 5.69 Å². The molecule has 0 atom stereocenters. The SMILES string of the molecule is O=c1ncc(Cl)cn1Cc1cccc(Cl)n1. The fraction of sp³-hybridized carbons (Fsp3) is 0.100. The molecule has 0 aliphatic heterocycles. The molecular weight excluding hydrogens is 249 g/mol. The molecule has 16 heavy (non-hydrogen) atoms. The number of aromatic nitrogens is 3. The second-order valence-electron chi connectivity index (χ2n) is 3.13. The smallest absolute Gasteiger partial charge is 0.292 e. The molecule has 0 aromatic carbocycles. The van der Waals surface area contributed by atoms with Crippen molar-refractivity contribution in [3.63, 3.8) is 0 Å². The molecule has 0 spiro atoms. The summed E-state index contributed by atoms with van der Waals surface area (Å²) < 4.78 is 1.38. The fourth-order valence-electron chi connectivity index (χ4n) is 1.25. The molecule has 0 radical (unpaired) electrons. The Kier molecular flexibility index (Phi) is 3.22. The van der Waals surface area contributed by atoms with E-state index in [1.807, 2.05) is 0 Å². The molecule has 6 heteroatoms. The number of rotatable bonds is 2. The van der Waals surface area contributed by atoms with Gasteiger partial charge in [0.15, 0.2) is 0 Å². The Labute approximate surface area is 101 Å². The third kappa shape index (κ3) is 2.59. The summed E-state index contributed by atoms with van der Waals surface area (Å²) in [7, 11) is 0. The van der Waals surface area contributed by atoms with Crippen molar-refractivity contribution in [2.45, 2.75) is 6.54 Å². The molecule has 0 unspecified atom stereocenters. The Balaban J connectivity index is 2.34. The van der Waals surface area contributed by atoms with E-state index < -0.39 is 0 Å². The van der Waals surface area contributed by atoms with Crippen LogP contribution in [0.25, 0.3) is 0 Å². The molecule has 0 saturated carbocycles. The highest BCUT2D eigenvalue weighted by molar-refractivity contribution is 6.30. The Hall–Kier alpha value is -1.39. The number of hydrogen-bond acceptors (Lipinski definition) is 3. The van der Waals surface area contributed by atoms with Gasteiger partial charge < -0.3 is 0 Å². The van der Waals surface area contributed by atoms with Crippen LogP contribution in [-0.2, 0) is 6.54 Å². The van der Waals surface area contributed by atoms with Crippen molar-refractivity contribution in [2.24, 2.45) is 0 Å². The minimum atomic E-state index is -0.369. The molecule has 0 aliphatic rings. The topological polar surface area (TPSA) is 47.8 Å². The van der Waals surface area contributed by atoms with Gasteiger partial charge in [-0.25, -0.2) is 14.8 Å². The summed E-state index contributed by atoms with van der Waals surface area (Å²) in [6.07, 6.45) is 2.82. The van der Waals surface area contributed by atoms with Crippen LogP contribution in [0.2, 0.25) is 10.2 Å². The molecule has 0 saturated heterocycles. The lowest BCUT2D eigenvalue weighted by Crippen LogP contribution is -2.22. The lowest BCUT2D eigenvalue weighted by molar-refractivity contribution is 0.711. The first kappa shape index (κ1) is 11.1. The molecule has 0 aliphatic carbocycles. The summed E-state index contributed by atoms with van der Waals surface area (Å²) in [6.45, 7) is 0.299. The first-order valence-corrected chi connectivity index (χ1v) is 5.24. The molecule has 2 aromatic rings. The zero-order chi connectivity index (χ0) is 11.5. The van der Waals surface area contributed by atoms with Gasteiger partial charge in [0.1, 0.15) is 5.15 Å². The van der Waals surface area contributed by atoms with Crippen LogP contribution < -0.4 is 5.69 Å². The average molecular weight is 256 g/mol. The zero-order valence-electron chi connectivity index (χ0n) is 8.10. The van der Waals surface area contributed by atoms with Gasteiger partial charge in [-0.15, -0.1) is 0 Å². The number of pyridine rings is 1. The lowest BCUT2D eigenvalue weighted by atomic mass is 10.3. The molecule has 0 amide bonds. The first-order chi connectivity index (χ1) is 7.65. The fourth-order valence-corrected chi connectivity index (χ4v) is 1.60. The predicted molar refractivity (Wildman–Crippen MR) is 61.9 cm³/mol. The van der Waals surface area contributed by atoms with E-state index in [1.54, 1.807) is 18.2 Å². The quantitative estimate of drug-likeness (QED) is 0.772. The van der Waals surface area contributed by atoms with Crippen LogP contribution in [0, 0.1) is 0 Å². The number of halogens is 2. The van der Waals surface area contributed by atoms with Crippen LogP contribution in [0.4, 0.5) is 0 Å². The summed E-state index contributed by atoms with van der Waals surface area (Å²) in [5, 5.41) is 0.794. The van der Waals surface area contributed by atoms with Crippen LogP contribution in [0.3, 0.4) is 0 Å². The van der Waals surface area contributed by atoms with Crippen molar-refractivity contribution in [1.82, 2.24) is 14.5 Å². The van der Waals surface area contributed by atoms with Crippen molar-refractivity contribution in [3.8, 4) is 0 Å². The van der Waals surface area contributed by atoms with E-state index in [-0.39, 0.29) is 5.69 Å². The third-order valence-corrected chi connectivity index (χ3v) is 2.33. The van der Waals surface area contributed by atoms with E-state index in [2.05, 4.69) is 9.97 Å². The summed E-state index contributed by atoms with van der Waals surface area (Å²) in [4.78, 5) is 19.1. The summed E-state index contributed by atoms with van der Waals surface area (Å²) >= 11 is 11.5. The first-order valence-electron chi connectivity index (χ1n) is 4.48. The van der Waals surface area contributed by atoms with Crippen molar-refractivity contribution >= 4 is 23.2 Å². The van der Waals surface area contributed by atoms with Gasteiger partial charge in [0.25, 0.3) is 0 Å². The van der Waals surface area contributed by atoms with Gasteiger partial charge in [0, 0.05) is 6.20 Å². The standard InChI is InChI=1S/C10H7Cl2N3O/c11-7-4-13-10(16)15(5-7)6-8-2-1-3-9(12)14-8/h1-5H,6H2. The van der Waals surface area contributed by atoms with Crippen LogP contribution in [0.15, 0.2) is 35.4 Å². The zero-order valence-corrected chi connectivity index (χ0v) is 9.61. The Bertz CT molecular complexity index is 568. The van der Waals surface area contributed by atoms with Crippen molar-refractivity contribution < 1.29 is 0 Å². The minimum Gasteiger partial charge on any atom is -0.292 e. The molecule has 4 nitrogen and oxygen atoms in total. The van der Waals surface area contributed by atoms with Crippen LogP contribution in [0.5, 0.6) is 0 Å². The predicted octanol–water partition coefficient (Wildman–Crippen LogP) is 1.99. The third-order valence-electron chi connectivity index (χ3n) is 1.93. The highest BCUT2D eigenvalue weighted by Crippen LogP contribution is 2.07. The van der Waals surface area contributed by atoms with Crippen molar-refractivity contribution in [1.29, 1.82) is 0 Å². The average Bonchev–Trinajstić information content (AvgIpc) is 2.24. The summed E-state index contributed by atoms with van der Waals surface area (Å²) in [5.74, 6) is 0. The monoisotopic (exact) mass is 255 g/mol. The van der Waals surface area contributed by atoms with E-state index in [4.69, 9.17) is 23.2 Å². The number of nitrogens with zero attached hydrogens (tertiary/aromatic N) is 3. The van der Waals surface area contributed by atoms with Gasteiger partial charge in [-0.3, -0.25) is 4.57 Å². The van der Waals surface area contributed by atoms with Gasteiger partial charge in [-0.2, -0.15) is 0 Å². The Morgan fingerprint density at radius 2 is 2.12 bits per heavy atom. The normalized spacial score (nSPS) is 10.4. The minimum absolute atomic E-state index is 0.299. The van der Waals surface area contributed by atoms with Crippen molar-refractivity contribution in [3.05, 3.63) is 56.9 Å². The van der Waals surface area contributed by atoms with E-state index in [9.17, 15) is 4.79 Å². The van der Waals surface area contributed by atoms with E-state index >= 15 is 0 Å². The molecule has 2 aromatic heterocycles. The molecule has 2 rings (SSSR count). The van der Waals surface area contributed by atoms with Gasteiger partial charge in [-0.05, 0) is 12.1 Å². The molecule has 82 valence electrons. The maximum Gasteiger partial charge on any atom is 0.347 e. The van der Waals surface area contributed by atoms with E-state index in [0.29, 0.717) is 22.4 Å². The molecule has 0 bridgehead atoms. The van der Waals surface area contributed by atoms with Crippen LogP contribution >= 0.6 is 23.2 Å². The largest absolute Gasteiger partial charge is 0.347 e. The summed E-state index contributed by atoms with van der Waals surface area (Å²) in [6, 6.07) is 5.22. The second kappa shape index (κ2) is 4.63. The Morgan fingerprint density at radius 3 is 2.88 bits per heavy atom. The molecular formula is C10H7Cl2N3O. The van der Waals surface area contributed by atoms with E-state index in [1.165, 1.54) is 17.0 Å². The second-order valence-corrected chi connectivity index (χ2v) is 3.96. The number of hydrogen-bond donors (Lipinski definition) is 0. The highest BCUT2D eigenvalue weighted by Gasteiger charge is 2.01. The summed E-state index contributed by atoms with van der Waals surface area (Å²) in [5.41, 5.74) is 0.310. The van der Waals surface area contributed by atoms with Gasteiger partial charge in [-0.1, -0.05) is 29.3 Å².